The fourth-order valence-electron chi connectivity index (χ4n) is 2.55. The molecule has 142 valence electrons. The number of aliphatic hydroxyl groups is 1. The molecule has 8 heteroatoms. The van der Waals surface area contributed by atoms with Gasteiger partial charge in [-0.15, -0.1) is 0 Å². The van der Waals surface area contributed by atoms with Crippen molar-refractivity contribution in [3.05, 3.63) is 59.4 Å². The lowest BCUT2D eigenvalue weighted by Gasteiger charge is -2.12. The number of aliphatic hydroxyl groups excluding tert-OH is 1. The minimum atomic E-state index is -0.818. The van der Waals surface area contributed by atoms with Gasteiger partial charge in [-0.25, -0.2) is 4.39 Å². The highest BCUT2D eigenvalue weighted by atomic mass is 19.1. The SMILES string of the molecule is O=C(NCCC(O)c1ccc2c(c1)OCO2)C(=O)NCc1ccc(F)cc1. The first-order valence-electron chi connectivity index (χ1n) is 8.41. The largest absolute Gasteiger partial charge is 0.454 e. The number of carbonyl (C=O) groups is 2. The zero-order chi connectivity index (χ0) is 19.2. The van der Waals surface area contributed by atoms with Crippen molar-refractivity contribution < 1.29 is 28.6 Å². The van der Waals surface area contributed by atoms with E-state index in [0.29, 0.717) is 22.6 Å². The van der Waals surface area contributed by atoms with Crippen molar-refractivity contribution in [3.8, 4) is 11.5 Å². The number of hydrogen-bond acceptors (Lipinski definition) is 5. The quantitative estimate of drug-likeness (QED) is 0.665. The van der Waals surface area contributed by atoms with Crippen LogP contribution in [0.25, 0.3) is 0 Å². The molecule has 7 nitrogen and oxygen atoms in total. The van der Waals surface area contributed by atoms with Crippen LogP contribution in [0, 0.1) is 5.82 Å². The summed E-state index contributed by atoms with van der Waals surface area (Å²) in [6.45, 7) is 0.392. The van der Waals surface area contributed by atoms with Crippen LogP contribution in [0.2, 0.25) is 0 Å². The molecule has 2 aromatic rings. The molecule has 0 spiro atoms. The summed E-state index contributed by atoms with van der Waals surface area (Å²) in [6, 6.07) is 10.7. The number of hydrogen-bond donors (Lipinski definition) is 3. The molecular formula is C19H19FN2O5. The summed E-state index contributed by atoms with van der Waals surface area (Å²) in [6.07, 6.45) is -0.585. The number of nitrogens with one attached hydrogen (secondary N) is 2. The highest BCUT2D eigenvalue weighted by Gasteiger charge is 2.17. The molecule has 1 aliphatic rings. The van der Waals surface area contributed by atoms with E-state index in [1.807, 2.05) is 0 Å². The lowest BCUT2D eigenvalue weighted by Crippen LogP contribution is -2.40. The van der Waals surface area contributed by atoms with Crippen LogP contribution in [0.4, 0.5) is 4.39 Å². The van der Waals surface area contributed by atoms with Crippen LogP contribution in [0.3, 0.4) is 0 Å². The van der Waals surface area contributed by atoms with Crippen LogP contribution >= 0.6 is 0 Å². The Morgan fingerprint density at radius 1 is 1.04 bits per heavy atom. The summed E-state index contributed by atoms with van der Waals surface area (Å²) in [5, 5.41) is 15.1. The number of rotatable bonds is 6. The molecule has 1 aliphatic heterocycles. The Morgan fingerprint density at radius 3 is 2.52 bits per heavy atom. The summed E-state index contributed by atoms with van der Waals surface area (Å²) < 4.78 is 23.3. The first-order valence-corrected chi connectivity index (χ1v) is 8.41. The zero-order valence-electron chi connectivity index (χ0n) is 14.4. The molecule has 3 N–H and O–H groups in total. The Kier molecular flexibility index (Phi) is 5.87. The molecule has 1 atom stereocenters. The van der Waals surface area contributed by atoms with Crippen LogP contribution in [-0.2, 0) is 16.1 Å². The van der Waals surface area contributed by atoms with E-state index in [-0.39, 0.29) is 32.1 Å². The van der Waals surface area contributed by atoms with Gasteiger partial charge >= 0.3 is 11.8 Å². The lowest BCUT2D eigenvalue weighted by molar-refractivity contribution is -0.139. The number of amides is 2. The summed E-state index contributed by atoms with van der Waals surface area (Å²) in [4.78, 5) is 23.6. The maximum Gasteiger partial charge on any atom is 0.309 e. The van der Waals surface area contributed by atoms with Gasteiger partial charge in [0.15, 0.2) is 11.5 Å². The van der Waals surface area contributed by atoms with Gasteiger partial charge in [0.1, 0.15) is 5.82 Å². The molecule has 27 heavy (non-hydrogen) atoms. The van der Waals surface area contributed by atoms with Gasteiger partial charge in [-0.1, -0.05) is 18.2 Å². The second-order valence-electron chi connectivity index (χ2n) is 5.98. The number of halogens is 1. The molecular weight excluding hydrogens is 355 g/mol. The third kappa shape index (κ3) is 4.95. The number of fused-ring (bicyclic) bond motifs is 1. The van der Waals surface area contributed by atoms with Crippen LogP contribution in [0.1, 0.15) is 23.7 Å². The van der Waals surface area contributed by atoms with E-state index < -0.39 is 17.9 Å². The topological polar surface area (TPSA) is 96.9 Å². The average molecular weight is 374 g/mol. The maximum absolute atomic E-state index is 12.8. The Balaban J connectivity index is 1.40. The number of benzene rings is 2. The maximum atomic E-state index is 12.8. The fourth-order valence-corrected chi connectivity index (χ4v) is 2.55. The van der Waals surface area contributed by atoms with E-state index in [1.165, 1.54) is 24.3 Å². The molecule has 0 aliphatic carbocycles. The van der Waals surface area contributed by atoms with E-state index in [9.17, 15) is 19.1 Å². The number of ether oxygens (including phenoxy) is 2. The highest BCUT2D eigenvalue weighted by Crippen LogP contribution is 2.34. The van der Waals surface area contributed by atoms with Gasteiger partial charge in [0.2, 0.25) is 6.79 Å². The van der Waals surface area contributed by atoms with Gasteiger partial charge in [-0.3, -0.25) is 9.59 Å². The van der Waals surface area contributed by atoms with E-state index >= 15 is 0 Å². The molecule has 2 aromatic carbocycles. The molecule has 1 unspecified atom stereocenters. The predicted molar refractivity (Wildman–Crippen MR) is 93.4 cm³/mol. The zero-order valence-corrected chi connectivity index (χ0v) is 14.4. The van der Waals surface area contributed by atoms with Crippen LogP contribution < -0.4 is 20.1 Å². The summed E-state index contributed by atoms with van der Waals surface area (Å²) in [5.41, 5.74) is 1.31. The van der Waals surface area contributed by atoms with E-state index in [0.717, 1.165) is 0 Å². The van der Waals surface area contributed by atoms with Crippen LogP contribution in [0.15, 0.2) is 42.5 Å². The first kappa shape index (κ1) is 18.7. The Hall–Kier alpha value is -3.13. The van der Waals surface area contributed by atoms with Gasteiger partial charge in [-0.05, 0) is 41.8 Å². The summed E-state index contributed by atoms with van der Waals surface area (Å²) in [7, 11) is 0. The molecule has 0 saturated carbocycles. The summed E-state index contributed by atoms with van der Waals surface area (Å²) in [5.74, 6) is -0.774. The highest BCUT2D eigenvalue weighted by molar-refractivity contribution is 6.35. The van der Waals surface area contributed by atoms with E-state index in [4.69, 9.17) is 9.47 Å². The van der Waals surface area contributed by atoms with Crippen molar-refractivity contribution in [1.29, 1.82) is 0 Å². The molecule has 0 radical (unpaired) electrons. The molecule has 0 bridgehead atoms. The van der Waals surface area contributed by atoms with Crippen molar-refractivity contribution in [2.75, 3.05) is 13.3 Å². The van der Waals surface area contributed by atoms with Gasteiger partial charge in [-0.2, -0.15) is 0 Å². The molecule has 0 saturated heterocycles. The van der Waals surface area contributed by atoms with Gasteiger partial charge in [0.25, 0.3) is 0 Å². The predicted octanol–water partition coefficient (Wildman–Crippen LogP) is 1.41. The molecule has 2 amide bonds. The molecule has 1 heterocycles. The van der Waals surface area contributed by atoms with Gasteiger partial charge < -0.3 is 25.2 Å². The van der Waals surface area contributed by atoms with E-state index in [1.54, 1.807) is 18.2 Å². The van der Waals surface area contributed by atoms with Gasteiger partial charge in [0.05, 0.1) is 6.10 Å². The van der Waals surface area contributed by atoms with Crippen LogP contribution in [0.5, 0.6) is 11.5 Å². The van der Waals surface area contributed by atoms with E-state index in [2.05, 4.69) is 10.6 Å². The Morgan fingerprint density at radius 2 is 1.74 bits per heavy atom. The second-order valence-corrected chi connectivity index (χ2v) is 5.98. The molecule has 0 fully saturated rings. The Bertz CT molecular complexity index is 825. The molecule has 3 rings (SSSR count). The average Bonchev–Trinajstić information content (AvgIpc) is 3.14. The lowest BCUT2D eigenvalue weighted by atomic mass is 10.1. The smallest absolute Gasteiger partial charge is 0.309 e. The van der Waals surface area contributed by atoms with Crippen molar-refractivity contribution >= 4 is 11.8 Å². The fraction of sp³-hybridized carbons (Fsp3) is 0.263. The second kappa shape index (κ2) is 8.50. The first-order chi connectivity index (χ1) is 13.0. The van der Waals surface area contributed by atoms with Crippen molar-refractivity contribution in [1.82, 2.24) is 10.6 Å². The van der Waals surface area contributed by atoms with Gasteiger partial charge in [0, 0.05) is 13.1 Å². The van der Waals surface area contributed by atoms with Crippen LogP contribution in [-0.4, -0.2) is 30.3 Å². The van der Waals surface area contributed by atoms with Crippen molar-refractivity contribution in [3.63, 3.8) is 0 Å². The monoisotopic (exact) mass is 374 g/mol. The normalized spacial score (nSPS) is 13.1. The Labute approximate surface area is 155 Å². The summed E-state index contributed by atoms with van der Waals surface area (Å²) >= 11 is 0. The van der Waals surface area contributed by atoms with Crippen molar-refractivity contribution in [2.45, 2.75) is 19.1 Å². The minimum absolute atomic E-state index is 0.117. The third-order valence-corrected chi connectivity index (χ3v) is 4.06. The number of carbonyl (C=O) groups excluding carboxylic acids is 2. The molecule has 0 aromatic heterocycles. The van der Waals surface area contributed by atoms with Crippen molar-refractivity contribution in [2.24, 2.45) is 0 Å². The minimum Gasteiger partial charge on any atom is -0.454 e. The standard InChI is InChI=1S/C19H19FN2O5/c20-14-4-1-12(2-5-14)10-22-19(25)18(24)21-8-7-15(23)13-3-6-16-17(9-13)27-11-26-16/h1-6,9,15,23H,7-8,10-11H2,(H,21,24)(H,22,25). The third-order valence-electron chi connectivity index (χ3n) is 4.06.